The third kappa shape index (κ3) is 3.40. The second-order valence-electron chi connectivity index (χ2n) is 6.71. The van der Waals surface area contributed by atoms with Crippen LogP contribution in [0.4, 0.5) is 0 Å². The first-order valence-corrected chi connectivity index (χ1v) is 5.69. The average Bonchev–Trinajstić information content (AvgIpc) is 2.25. The van der Waals surface area contributed by atoms with Crippen LogP contribution in [0, 0.1) is 12.3 Å². The van der Waals surface area contributed by atoms with E-state index < -0.39 is 0 Å². The van der Waals surface area contributed by atoms with E-state index in [1.807, 2.05) is 0 Å². The minimum Gasteiger partial charge on any atom is -0.465 e. The van der Waals surface area contributed by atoms with Crippen molar-refractivity contribution in [1.29, 1.82) is 0 Å². The van der Waals surface area contributed by atoms with Crippen LogP contribution in [-0.2, 0) is 11.8 Å². The van der Waals surface area contributed by atoms with Gasteiger partial charge in [0, 0.05) is 11.8 Å². The lowest BCUT2D eigenvalue weighted by Gasteiger charge is -2.18. The van der Waals surface area contributed by atoms with Crippen LogP contribution in [0.5, 0.6) is 0 Å². The van der Waals surface area contributed by atoms with Gasteiger partial charge in [-0.25, -0.2) is 0 Å². The van der Waals surface area contributed by atoms with Crippen molar-refractivity contribution in [3.8, 4) is 0 Å². The second-order valence-corrected chi connectivity index (χ2v) is 6.71. The number of rotatable bonds is 1. The smallest absolute Gasteiger partial charge is 0.112 e. The van der Waals surface area contributed by atoms with Crippen molar-refractivity contribution >= 4 is 0 Å². The Morgan fingerprint density at radius 3 is 1.93 bits per heavy atom. The molecule has 0 saturated carbocycles. The van der Waals surface area contributed by atoms with Gasteiger partial charge in [-0.15, -0.1) is 0 Å². The molecule has 0 aliphatic heterocycles. The lowest BCUT2D eigenvalue weighted by molar-refractivity contribution is 0.330. The molecule has 1 rings (SSSR count). The molecule has 1 heteroatoms. The normalized spacial score (nSPS) is 13.3. The van der Waals surface area contributed by atoms with Crippen molar-refractivity contribution in [2.45, 2.75) is 60.3 Å². The van der Waals surface area contributed by atoms with Gasteiger partial charge in [0.25, 0.3) is 0 Å². The zero-order valence-corrected chi connectivity index (χ0v) is 11.2. The summed E-state index contributed by atoms with van der Waals surface area (Å²) in [6, 6.07) is 2.19. The van der Waals surface area contributed by atoms with E-state index in [1.165, 1.54) is 5.56 Å². The summed E-state index contributed by atoms with van der Waals surface area (Å²) in [5.41, 5.74) is 1.68. The molecule has 15 heavy (non-hydrogen) atoms. The molecule has 0 saturated heterocycles. The Labute approximate surface area is 93.9 Å². The summed E-state index contributed by atoms with van der Waals surface area (Å²) in [5, 5.41) is 0. The molecular weight excluding hydrogens is 184 g/mol. The maximum atomic E-state index is 5.95. The topological polar surface area (TPSA) is 13.1 Å². The number of hydrogen-bond donors (Lipinski definition) is 0. The van der Waals surface area contributed by atoms with Crippen LogP contribution in [0.3, 0.4) is 0 Å². The highest BCUT2D eigenvalue weighted by atomic mass is 16.3. The Bertz CT molecular complexity index is 331. The monoisotopic (exact) mass is 208 g/mol. The first-order valence-electron chi connectivity index (χ1n) is 5.69. The van der Waals surface area contributed by atoms with Crippen LogP contribution in [0.1, 0.15) is 58.6 Å². The lowest BCUT2D eigenvalue weighted by Crippen LogP contribution is -2.11. The molecule has 0 amide bonds. The quantitative estimate of drug-likeness (QED) is 0.663. The van der Waals surface area contributed by atoms with Gasteiger partial charge in [0.05, 0.1) is 0 Å². The summed E-state index contributed by atoms with van der Waals surface area (Å²) >= 11 is 0. The van der Waals surface area contributed by atoms with Crippen molar-refractivity contribution in [2.75, 3.05) is 0 Å². The van der Waals surface area contributed by atoms with E-state index in [0.29, 0.717) is 5.41 Å². The van der Waals surface area contributed by atoms with E-state index in [1.54, 1.807) is 0 Å². The van der Waals surface area contributed by atoms with Crippen LogP contribution in [0.25, 0.3) is 0 Å². The van der Waals surface area contributed by atoms with Crippen molar-refractivity contribution in [3.63, 3.8) is 0 Å². The molecule has 1 aromatic rings. The molecule has 0 N–H and O–H groups in total. The Kier molecular flexibility index (Phi) is 3.04. The van der Waals surface area contributed by atoms with E-state index in [0.717, 1.165) is 17.9 Å². The summed E-state index contributed by atoms with van der Waals surface area (Å²) in [6.07, 6.45) is 1.00. The molecule has 0 aliphatic carbocycles. The standard InChI is InChI=1S/C14H24O/c1-10-8-11(9-13(2,3)4)15-12(10)14(5,6)7/h8H,9H2,1-7H3. The van der Waals surface area contributed by atoms with Crippen molar-refractivity contribution in [3.05, 3.63) is 23.2 Å². The minimum absolute atomic E-state index is 0.111. The predicted molar refractivity (Wildman–Crippen MR) is 65.3 cm³/mol. The summed E-state index contributed by atoms with van der Waals surface area (Å²) in [6.45, 7) is 15.4. The van der Waals surface area contributed by atoms with Crippen LogP contribution < -0.4 is 0 Å². The van der Waals surface area contributed by atoms with E-state index in [-0.39, 0.29) is 5.41 Å². The summed E-state index contributed by atoms with van der Waals surface area (Å²) in [4.78, 5) is 0. The van der Waals surface area contributed by atoms with E-state index in [4.69, 9.17) is 4.42 Å². The van der Waals surface area contributed by atoms with Gasteiger partial charge in [0.1, 0.15) is 11.5 Å². The summed E-state index contributed by atoms with van der Waals surface area (Å²) in [5.74, 6) is 2.24. The summed E-state index contributed by atoms with van der Waals surface area (Å²) in [7, 11) is 0. The molecule has 0 aromatic carbocycles. The zero-order valence-electron chi connectivity index (χ0n) is 11.2. The van der Waals surface area contributed by atoms with E-state index in [9.17, 15) is 0 Å². The number of furan rings is 1. The highest BCUT2D eigenvalue weighted by Gasteiger charge is 2.23. The van der Waals surface area contributed by atoms with Gasteiger partial charge in [-0.05, 0) is 24.0 Å². The molecule has 1 aromatic heterocycles. The summed E-state index contributed by atoms with van der Waals surface area (Å²) < 4.78 is 5.95. The fourth-order valence-corrected chi connectivity index (χ4v) is 1.90. The molecule has 0 fully saturated rings. The van der Waals surface area contributed by atoms with Gasteiger partial charge in [-0.2, -0.15) is 0 Å². The molecule has 1 nitrogen and oxygen atoms in total. The molecule has 0 bridgehead atoms. The fraction of sp³-hybridized carbons (Fsp3) is 0.714. The van der Waals surface area contributed by atoms with Crippen molar-refractivity contribution in [1.82, 2.24) is 0 Å². The largest absolute Gasteiger partial charge is 0.465 e. The van der Waals surface area contributed by atoms with Crippen LogP contribution >= 0.6 is 0 Å². The average molecular weight is 208 g/mol. The third-order valence-electron chi connectivity index (χ3n) is 2.35. The van der Waals surface area contributed by atoms with Gasteiger partial charge in [-0.3, -0.25) is 0 Å². The van der Waals surface area contributed by atoms with Gasteiger partial charge < -0.3 is 4.42 Å². The Morgan fingerprint density at radius 2 is 1.60 bits per heavy atom. The maximum Gasteiger partial charge on any atom is 0.112 e. The molecule has 86 valence electrons. The maximum absolute atomic E-state index is 5.95. The predicted octanol–water partition coefficient (Wildman–Crippen LogP) is 4.47. The number of aryl methyl sites for hydroxylation is 1. The highest BCUT2D eigenvalue weighted by Crippen LogP contribution is 2.31. The molecule has 0 atom stereocenters. The lowest BCUT2D eigenvalue weighted by atomic mass is 9.90. The Balaban J connectivity index is 2.97. The molecular formula is C14H24O. The zero-order chi connectivity index (χ0) is 11.9. The number of hydrogen-bond acceptors (Lipinski definition) is 1. The highest BCUT2D eigenvalue weighted by molar-refractivity contribution is 5.25. The van der Waals surface area contributed by atoms with Gasteiger partial charge in [0.2, 0.25) is 0 Å². The minimum atomic E-state index is 0.111. The molecule has 1 heterocycles. The molecule has 0 spiro atoms. The molecule has 0 radical (unpaired) electrons. The van der Waals surface area contributed by atoms with Crippen molar-refractivity contribution in [2.24, 2.45) is 5.41 Å². The molecule has 0 unspecified atom stereocenters. The third-order valence-corrected chi connectivity index (χ3v) is 2.35. The second kappa shape index (κ2) is 3.70. The molecule has 0 aliphatic rings. The van der Waals surface area contributed by atoms with Crippen LogP contribution in [0.2, 0.25) is 0 Å². The Hall–Kier alpha value is -0.720. The van der Waals surface area contributed by atoms with Gasteiger partial charge >= 0.3 is 0 Å². The first kappa shape index (κ1) is 12.4. The van der Waals surface area contributed by atoms with Crippen LogP contribution in [0.15, 0.2) is 10.5 Å². The Morgan fingerprint density at radius 1 is 1.07 bits per heavy atom. The first-order chi connectivity index (χ1) is 6.59. The van der Waals surface area contributed by atoms with E-state index >= 15 is 0 Å². The van der Waals surface area contributed by atoms with Gasteiger partial charge in [0.15, 0.2) is 0 Å². The van der Waals surface area contributed by atoms with Crippen LogP contribution in [-0.4, -0.2) is 0 Å². The SMILES string of the molecule is Cc1cc(CC(C)(C)C)oc1C(C)(C)C. The fourth-order valence-electron chi connectivity index (χ4n) is 1.90. The van der Waals surface area contributed by atoms with E-state index in [2.05, 4.69) is 54.5 Å². The van der Waals surface area contributed by atoms with Gasteiger partial charge in [-0.1, -0.05) is 41.5 Å². The van der Waals surface area contributed by atoms with Crippen molar-refractivity contribution < 1.29 is 4.42 Å².